The van der Waals surface area contributed by atoms with Crippen molar-refractivity contribution in [2.75, 3.05) is 6.54 Å². The topological polar surface area (TPSA) is 32.3 Å². The summed E-state index contributed by atoms with van der Waals surface area (Å²) in [7, 11) is 0. The molecule has 0 radical (unpaired) electrons. The molecule has 0 saturated heterocycles. The minimum atomic E-state index is -0.421. The van der Waals surface area contributed by atoms with Crippen LogP contribution in [0, 0.1) is 5.92 Å². The molecule has 0 bridgehead atoms. The summed E-state index contributed by atoms with van der Waals surface area (Å²) in [6.45, 7) is 2.96. The largest absolute Gasteiger partial charge is 0.387 e. The van der Waals surface area contributed by atoms with Gasteiger partial charge >= 0.3 is 0 Å². The molecule has 0 aliphatic heterocycles. The van der Waals surface area contributed by atoms with Crippen molar-refractivity contribution in [2.24, 2.45) is 5.92 Å². The molecule has 2 aromatic carbocycles. The molecule has 3 atom stereocenters. The normalized spacial score (nSPS) is 24.1. The molecule has 3 unspecified atom stereocenters. The maximum Gasteiger partial charge on any atom is 0.0914 e. The number of benzene rings is 2. The Kier molecular flexibility index (Phi) is 4.04. The summed E-state index contributed by atoms with van der Waals surface area (Å²) < 4.78 is 0. The van der Waals surface area contributed by atoms with E-state index in [1.54, 1.807) is 0 Å². The predicted octanol–water partition coefficient (Wildman–Crippen LogP) is 3.65. The van der Waals surface area contributed by atoms with Gasteiger partial charge in [0.2, 0.25) is 0 Å². The maximum atomic E-state index is 10.3. The minimum Gasteiger partial charge on any atom is -0.387 e. The Morgan fingerprint density at radius 2 is 1.95 bits per heavy atom. The maximum absolute atomic E-state index is 10.3. The molecule has 2 aromatic rings. The highest BCUT2D eigenvalue weighted by Gasteiger charge is 2.21. The van der Waals surface area contributed by atoms with Crippen LogP contribution >= 0.6 is 0 Å². The molecule has 1 fully saturated rings. The molecule has 2 heteroatoms. The number of hydrogen-bond acceptors (Lipinski definition) is 2. The molecule has 2 N–H and O–H groups in total. The van der Waals surface area contributed by atoms with Crippen molar-refractivity contribution in [1.82, 2.24) is 5.32 Å². The average Bonchev–Trinajstić information content (AvgIpc) is 2.90. The third-order valence-electron chi connectivity index (χ3n) is 4.45. The zero-order valence-corrected chi connectivity index (χ0v) is 12.0. The Balaban J connectivity index is 1.64. The summed E-state index contributed by atoms with van der Waals surface area (Å²) in [6, 6.07) is 15.1. The lowest BCUT2D eigenvalue weighted by Gasteiger charge is -2.17. The summed E-state index contributed by atoms with van der Waals surface area (Å²) in [5.41, 5.74) is 1.00. The standard InChI is InChI=1S/C18H23NO/c1-13-6-9-17(10-13)19-12-18(20)16-8-7-14-4-2-3-5-15(14)11-16/h2-5,7-8,11,13,17-20H,6,9-10,12H2,1H3. The van der Waals surface area contributed by atoms with Gasteiger partial charge in [-0.15, -0.1) is 0 Å². The average molecular weight is 269 g/mol. The molecule has 1 aliphatic rings. The molecule has 0 spiro atoms. The molecule has 0 amide bonds. The quantitative estimate of drug-likeness (QED) is 0.888. The van der Waals surface area contributed by atoms with Crippen LogP contribution in [-0.2, 0) is 0 Å². The van der Waals surface area contributed by atoms with Crippen molar-refractivity contribution in [3.8, 4) is 0 Å². The first-order valence-corrected chi connectivity index (χ1v) is 7.62. The van der Waals surface area contributed by atoms with Crippen LogP contribution in [0.2, 0.25) is 0 Å². The summed E-state index contributed by atoms with van der Waals surface area (Å²) in [4.78, 5) is 0. The van der Waals surface area contributed by atoms with E-state index < -0.39 is 6.10 Å². The molecular formula is C18H23NO. The van der Waals surface area contributed by atoms with Gasteiger partial charge in [-0.1, -0.05) is 43.3 Å². The third kappa shape index (κ3) is 3.02. The number of hydrogen-bond donors (Lipinski definition) is 2. The van der Waals surface area contributed by atoms with Gasteiger partial charge in [0.1, 0.15) is 0 Å². The molecule has 2 nitrogen and oxygen atoms in total. The van der Waals surface area contributed by atoms with Gasteiger partial charge in [-0.2, -0.15) is 0 Å². The van der Waals surface area contributed by atoms with Gasteiger partial charge in [-0.25, -0.2) is 0 Å². The van der Waals surface area contributed by atoms with E-state index >= 15 is 0 Å². The van der Waals surface area contributed by atoms with Crippen LogP contribution in [0.5, 0.6) is 0 Å². The van der Waals surface area contributed by atoms with Crippen molar-refractivity contribution >= 4 is 10.8 Å². The predicted molar refractivity (Wildman–Crippen MR) is 83.7 cm³/mol. The monoisotopic (exact) mass is 269 g/mol. The summed E-state index contributed by atoms with van der Waals surface area (Å²) in [6.07, 6.45) is 3.37. The fraction of sp³-hybridized carbons (Fsp3) is 0.444. The van der Waals surface area contributed by atoms with Crippen LogP contribution in [0.1, 0.15) is 37.9 Å². The first-order chi connectivity index (χ1) is 9.72. The molecule has 1 aliphatic carbocycles. The highest BCUT2D eigenvalue weighted by molar-refractivity contribution is 5.83. The zero-order valence-electron chi connectivity index (χ0n) is 12.0. The van der Waals surface area contributed by atoms with E-state index in [9.17, 15) is 5.11 Å². The summed E-state index contributed by atoms with van der Waals surface area (Å²) >= 11 is 0. The van der Waals surface area contributed by atoms with E-state index in [4.69, 9.17) is 0 Å². The number of nitrogens with one attached hydrogen (secondary N) is 1. The first-order valence-electron chi connectivity index (χ1n) is 7.62. The minimum absolute atomic E-state index is 0.421. The van der Waals surface area contributed by atoms with Crippen molar-refractivity contribution in [3.63, 3.8) is 0 Å². The summed E-state index contributed by atoms with van der Waals surface area (Å²) in [5, 5.41) is 16.3. The molecule has 1 saturated carbocycles. The van der Waals surface area contributed by atoms with Crippen molar-refractivity contribution in [1.29, 1.82) is 0 Å². The molecule has 20 heavy (non-hydrogen) atoms. The zero-order chi connectivity index (χ0) is 13.9. The van der Waals surface area contributed by atoms with Crippen molar-refractivity contribution < 1.29 is 5.11 Å². The fourth-order valence-corrected chi connectivity index (χ4v) is 3.20. The van der Waals surface area contributed by atoms with Gasteiger partial charge in [0.05, 0.1) is 6.10 Å². The van der Waals surface area contributed by atoms with E-state index in [1.165, 1.54) is 30.0 Å². The van der Waals surface area contributed by atoms with Crippen LogP contribution in [0.25, 0.3) is 10.8 Å². The second kappa shape index (κ2) is 5.94. The number of fused-ring (bicyclic) bond motifs is 1. The number of aliphatic hydroxyl groups is 1. The first kappa shape index (κ1) is 13.6. The Hall–Kier alpha value is -1.38. The van der Waals surface area contributed by atoms with E-state index in [0.717, 1.165) is 11.5 Å². The van der Waals surface area contributed by atoms with E-state index in [-0.39, 0.29) is 0 Å². The molecule has 106 valence electrons. The van der Waals surface area contributed by atoms with Crippen LogP contribution in [0.15, 0.2) is 42.5 Å². The van der Waals surface area contributed by atoms with Gasteiger partial charge in [-0.3, -0.25) is 0 Å². The Morgan fingerprint density at radius 3 is 2.70 bits per heavy atom. The fourth-order valence-electron chi connectivity index (χ4n) is 3.20. The van der Waals surface area contributed by atoms with Gasteiger partial charge < -0.3 is 10.4 Å². The summed E-state index contributed by atoms with van der Waals surface area (Å²) in [5.74, 6) is 0.824. The van der Waals surface area contributed by atoms with Crippen molar-refractivity contribution in [3.05, 3.63) is 48.0 Å². The smallest absolute Gasteiger partial charge is 0.0914 e. The molecular weight excluding hydrogens is 246 g/mol. The highest BCUT2D eigenvalue weighted by Crippen LogP contribution is 2.25. The highest BCUT2D eigenvalue weighted by atomic mass is 16.3. The number of rotatable bonds is 4. The molecule has 3 rings (SSSR count). The van der Waals surface area contributed by atoms with Crippen LogP contribution in [0.4, 0.5) is 0 Å². The second-order valence-electron chi connectivity index (χ2n) is 6.15. The Labute approximate surface area is 120 Å². The van der Waals surface area contributed by atoms with E-state index in [2.05, 4.69) is 36.5 Å². The van der Waals surface area contributed by atoms with Crippen molar-refractivity contribution in [2.45, 2.75) is 38.3 Å². The van der Waals surface area contributed by atoms with Crippen LogP contribution < -0.4 is 5.32 Å². The molecule has 0 heterocycles. The third-order valence-corrected chi connectivity index (χ3v) is 4.45. The van der Waals surface area contributed by atoms with Gasteiger partial charge in [-0.05, 0) is 47.6 Å². The lowest BCUT2D eigenvalue weighted by molar-refractivity contribution is 0.170. The van der Waals surface area contributed by atoms with E-state index in [0.29, 0.717) is 12.6 Å². The lowest BCUT2D eigenvalue weighted by Crippen LogP contribution is -2.30. The van der Waals surface area contributed by atoms with Gasteiger partial charge in [0.25, 0.3) is 0 Å². The van der Waals surface area contributed by atoms with E-state index in [1.807, 2.05) is 18.2 Å². The van der Waals surface area contributed by atoms with Gasteiger partial charge in [0.15, 0.2) is 0 Å². The second-order valence-corrected chi connectivity index (χ2v) is 6.15. The molecule has 0 aromatic heterocycles. The lowest BCUT2D eigenvalue weighted by atomic mass is 10.0. The van der Waals surface area contributed by atoms with Gasteiger partial charge in [0, 0.05) is 12.6 Å². The van der Waals surface area contributed by atoms with Crippen LogP contribution in [-0.4, -0.2) is 17.7 Å². The Bertz CT molecular complexity index is 580. The SMILES string of the molecule is CC1CCC(NCC(O)c2ccc3ccccc3c2)C1. The Morgan fingerprint density at radius 1 is 1.15 bits per heavy atom. The van der Waals surface area contributed by atoms with Crippen LogP contribution in [0.3, 0.4) is 0 Å². The number of aliphatic hydroxyl groups excluding tert-OH is 1.